The largest absolute Gasteiger partial charge is 0.456 e. The molecule has 0 atom stereocenters. The monoisotopic (exact) mass is 539 g/mol. The van der Waals surface area contributed by atoms with Gasteiger partial charge < -0.3 is 8.83 Å². The molecule has 0 spiro atoms. The highest BCUT2D eigenvalue weighted by Gasteiger charge is 2.18. The van der Waals surface area contributed by atoms with Crippen molar-refractivity contribution in [1.82, 2.24) is 15.0 Å². The van der Waals surface area contributed by atoms with Gasteiger partial charge in [0.05, 0.1) is 0 Å². The van der Waals surface area contributed by atoms with Crippen LogP contribution in [0.5, 0.6) is 0 Å². The van der Waals surface area contributed by atoms with Crippen molar-refractivity contribution in [2.75, 3.05) is 0 Å². The molecule has 0 N–H and O–H groups in total. The summed E-state index contributed by atoms with van der Waals surface area (Å²) in [6.45, 7) is 0. The second-order valence-corrected chi connectivity index (χ2v) is 10.5. The van der Waals surface area contributed by atoms with Crippen molar-refractivity contribution >= 4 is 54.6 Å². The number of furan rings is 2. The average molecular weight is 540 g/mol. The van der Waals surface area contributed by atoms with Crippen LogP contribution in [0.15, 0.2) is 136 Å². The van der Waals surface area contributed by atoms with Crippen molar-refractivity contribution < 1.29 is 8.83 Å². The van der Waals surface area contributed by atoms with Gasteiger partial charge in [-0.05, 0) is 53.2 Å². The van der Waals surface area contributed by atoms with Gasteiger partial charge in [0.15, 0.2) is 17.5 Å². The standard InChI is InChI=1S/C37H21N3O2/c1-2-9-23-20-24(17-16-22(23)8-1)35-38-36(25-18-19-32-29(21-25)26-10-3-5-13-30(26)41-32)40-37(39-35)28-12-7-15-33-34(28)27-11-4-6-14-31(27)42-33/h1-21H. The maximum atomic E-state index is 6.19. The average Bonchev–Trinajstić information content (AvgIpc) is 3.62. The molecule has 0 fully saturated rings. The molecule has 0 unspecified atom stereocenters. The van der Waals surface area contributed by atoms with E-state index in [1.165, 1.54) is 5.39 Å². The van der Waals surface area contributed by atoms with Gasteiger partial charge in [-0.2, -0.15) is 0 Å². The summed E-state index contributed by atoms with van der Waals surface area (Å²) in [6.07, 6.45) is 0. The molecule has 0 aliphatic rings. The summed E-state index contributed by atoms with van der Waals surface area (Å²) < 4.78 is 12.3. The predicted molar refractivity (Wildman–Crippen MR) is 168 cm³/mol. The Morgan fingerprint density at radius 1 is 0.381 bits per heavy atom. The minimum atomic E-state index is 0.595. The minimum absolute atomic E-state index is 0.595. The van der Waals surface area contributed by atoms with E-state index in [0.717, 1.165) is 66.0 Å². The van der Waals surface area contributed by atoms with Crippen LogP contribution in [0.3, 0.4) is 0 Å². The van der Waals surface area contributed by atoms with Crippen LogP contribution in [-0.4, -0.2) is 15.0 Å². The first-order valence-electron chi connectivity index (χ1n) is 13.9. The summed E-state index contributed by atoms with van der Waals surface area (Å²) in [5.74, 6) is 1.81. The fourth-order valence-electron chi connectivity index (χ4n) is 5.91. The SMILES string of the molecule is c1ccc2cc(-c3nc(-c4ccc5oc6ccccc6c5c4)nc(-c4cccc5oc6ccccc6c45)n3)ccc2c1. The fourth-order valence-corrected chi connectivity index (χ4v) is 5.91. The number of rotatable bonds is 3. The van der Waals surface area contributed by atoms with Crippen molar-refractivity contribution in [2.24, 2.45) is 0 Å². The number of hydrogen-bond donors (Lipinski definition) is 0. The molecule has 5 nitrogen and oxygen atoms in total. The van der Waals surface area contributed by atoms with Gasteiger partial charge in [-0.15, -0.1) is 0 Å². The lowest BCUT2D eigenvalue weighted by molar-refractivity contribution is 0.668. The highest BCUT2D eigenvalue weighted by Crippen LogP contribution is 2.37. The Bertz CT molecular complexity index is 2490. The summed E-state index contributed by atoms with van der Waals surface area (Å²) in [5.41, 5.74) is 6.05. The summed E-state index contributed by atoms with van der Waals surface area (Å²) in [6, 6.07) is 43.0. The van der Waals surface area contributed by atoms with Crippen LogP contribution in [0.2, 0.25) is 0 Å². The summed E-state index contributed by atoms with van der Waals surface area (Å²) in [4.78, 5) is 15.2. The van der Waals surface area contributed by atoms with E-state index in [1.807, 2.05) is 72.8 Å². The number of nitrogens with zero attached hydrogens (tertiary/aromatic N) is 3. The summed E-state index contributed by atoms with van der Waals surface area (Å²) in [7, 11) is 0. The molecule has 0 aliphatic heterocycles. The zero-order chi connectivity index (χ0) is 27.6. The van der Waals surface area contributed by atoms with Crippen molar-refractivity contribution in [1.29, 1.82) is 0 Å². The topological polar surface area (TPSA) is 65.0 Å². The lowest BCUT2D eigenvalue weighted by Crippen LogP contribution is -2.00. The number of aromatic nitrogens is 3. The molecule has 9 aromatic rings. The van der Waals surface area contributed by atoms with Crippen molar-refractivity contribution in [3.63, 3.8) is 0 Å². The molecule has 9 rings (SSSR count). The van der Waals surface area contributed by atoms with E-state index in [9.17, 15) is 0 Å². The molecular formula is C37H21N3O2. The molecule has 42 heavy (non-hydrogen) atoms. The van der Waals surface area contributed by atoms with E-state index in [2.05, 4.69) is 54.6 Å². The Kier molecular flexibility index (Phi) is 4.83. The van der Waals surface area contributed by atoms with Crippen molar-refractivity contribution in [3.8, 4) is 34.2 Å². The van der Waals surface area contributed by atoms with Crippen LogP contribution in [0.25, 0.3) is 88.8 Å². The second kappa shape index (κ2) is 8.85. The highest BCUT2D eigenvalue weighted by atomic mass is 16.3. The maximum Gasteiger partial charge on any atom is 0.164 e. The molecule has 0 aliphatic carbocycles. The third kappa shape index (κ3) is 3.54. The molecule has 0 amide bonds. The summed E-state index contributed by atoms with van der Waals surface area (Å²) >= 11 is 0. The Morgan fingerprint density at radius 2 is 0.976 bits per heavy atom. The van der Waals surface area contributed by atoms with Crippen LogP contribution in [-0.2, 0) is 0 Å². The van der Waals surface area contributed by atoms with Gasteiger partial charge in [-0.25, -0.2) is 15.0 Å². The first kappa shape index (κ1) is 22.9. The molecule has 0 bridgehead atoms. The van der Waals surface area contributed by atoms with Gasteiger partial charge in [-0.1, -0.05) is 84.9 Å². The molecule has 3 aromatic heterocycles. The third-order valence-corrected chi connectivity index (χ3v) is 7.92. The number of benzene rings is 6. The Morgan fingerprint density at radius 3 is 1.83 bits per heavy atom. The van der Waals surface area contributed by atoms with Gasteiger partial charge in [0.2, 0.25) is 0 Å². The summed E-state index contributed by atoms with van der Waals surface area (Å²) in [5, 5.41) is 6.42. The minimum Gasteiger partial charge on any atom is -0.456 e. The smallest absolute Gasteiger partial charge is 0.164 e. The van der Waals surface area contributed by atoms with Crippen molar-refractivity contribution in [3.05, 3.63) is 127 Å². The third-order valence-electron chi connectivity index (χ3n) is 7.92. The van der Waals surface area contributed by atoms with E-state index >= 15 is 0 Å². The lowest BCUT2D eigenvalue weighted by atomic mass is 10.0. The van der Waals surface area contributed by atoms with Gasteiger partial charge in [-0.3, -0.25) is 0 Å². The number of hydrogen-bond acceptors (Lipinski definition) is 5. The van der Waals surface area contributed by atoms with Gasteiger partial charge >= 0.3 is 0 Å². The van der Waals surface area contributed by atoms with Crippen LogP contribution in [0.1, 0.15) is 0 Å². The van der Waals surface area contributed by atoms with E-state index in [1.54, 1.807) is 0 Å². The Hall–Kier alpha value is -5.81. The fraction of sp³-hybridized carbons (Fsp3) is 0. The van der Waals surface area contributed by atoms with E-state index in [-0.39, 0.29) is 0 Å². The lowest BCUT2D eigenvalue weighted by Gasteiger charge is -2.10. The quantitative estimate of drug-likeness (QED) is 0.224. The normalized spacial score (nSPS) is 11.8. The first-order valence-corrected chi connectivity index (χ1v) is 13.9. The van der Waals surface area contributed by atoms with Gasteiger partial charge in [0.25, 0.3) is 0 Å². The number of para-hydroxylation sites is 2. The van der Waals surface area contributed by atoms with Crippen LogP contribution in [0.4, 0.5) is 0 Å². The Balaban J connectivity index is 1.32. The molecule has 196 valence electrons. The number of fused-ring (bicyclic) bond motifs is 7. The van der Waals surface area contributed by atoms with Crippen LogP contribution < -0.4 is 0 Å². The van der Waals surface area contributed by atoms with E-state index in [4.69, 9.17) is 23.8 Å². The molecule has 6 aromatic carbocycles. The molecule has 3 heterocycles. The predicted octanol–water partition coefficient (Wildman–Crippen LogP) is 9.82. The van der Waals surface area contributed by atoms with Gasteiger partial charge in [0, 0.05) is 38.2 Å². The van der Waals surface area contributed by atoms with Gasteiger partial charge in [0.1, 0.15) is 22.3 Å². The molecule has 0 saturated carbocycles. The highest BCUT2D eigenvalue weighted by molar-refractivity contribution is 6.12. The Labute approximate surface area is 239 Å². The van der Waals surface area contributed by atoms with Crippen molar-refractivity contribution in [2.45, 2.75) is 0 Å². The van der Waals surface area contributed by atoms with Crippen LogP contribution in [0, 0.1) is 0 Å². The zero-order valence-corrected chi connectivity index (χ0v) is 22.3. The molecule has 0 radical (unpaired) electrons. The maximum absolute atomic E-state index is 6.19. The van der Waals surface area contributed by atoms with E-state index < -0.39 is 0 Å². The molecular weight excluding hydrogens is 518 g/mol. The second-order valence-electron chi connectivity index (χ2n) is 10.5. The molecule has 5 heteroatoms. The van der Waals surface area contributed by atoms with Crippen LogP contribution >= 0.6 is 0 Å². The molecule has 0 saturated heterocycles. The first-order chi connectivity index (χ1) is 20.8. The zero-order valence-electron chi connectivity index (χ0n) is 22.3. The van der Waals surface area contributed by atoms with E-state index in [0.29, 0.717) is 17.5 Å².